The van der Waals surface area contributed by atoms with Crippen LogP contribution in [-0.2, 0) is 6.18 Å². The molecule has 0 atom stereocenters. The maximum atomic E-state index is 12.7. The molecule has 2 saturated heterocycles. The van der Waals surface area contributed by atoms with Gasteiger partial charge in [-0.05, 0) is 56.9 Å². The minimum atomic E-state index is -4.43. The van der Waals surface area contributed by atoms with Crippen molar-refractivity contribution in [1.82, 2.24) is 14.8 Å². The number of aromatic nitrogens is 1. The number of amides is 2. The van der Waals surface area contributed by atoms with Crippen molar-refractivity contribution in [3.8, 4) is 0 Å². The highest BCUT2D eigenvalue weighted by molar-refractivity contribution is 5.94. The molecule has 6 nitrogen and oxygen atoms in total. The maximum Gasteiger partial charge on any atom is 0.416 e. The smallest absolute Gasteiger partial charge is 0.416 e. The predicted molar refractivity (Wildman–Crippen MR) is 106 cm³/mol. The van der Waals surface area contributed by atoms with E-state index >= 15 is 0 Å². The number of carbonyl (C=O) groups excluding carboxylic acids is 2. The molecule has 2 aliphatic rings. The molecule has 1 aromatic carbocycles. The van der Waals surface area contributed by atoms with Gasteiger partial charge in [0, 0.05) is 37.7 Å². The number of rotatable bonds is 3. The Balaban J connectivity index is 1.38. The van der Waals surface area contributed by atoms with E-state index in [1.807, 2.05) is 0 Å². The highest BCUT2D eigenvalue weighted by atomic mass is 19.4. The Morgan fingerprint density at radius 3 is 2.13 bits per heavy atom. The zero-order valence-corrected chi connectivity index (χ0v) is 17.2. The van der Waals surface area contributed by atoms with Gasteiger partial charge < -0.3 is 14.2 Å². The van der Waals surface area contributed by atoms with Crippen LogP contribution in [0.2, 0.25) is 0 Å². The quantitative estimate of drug-likeness (QED) is 0.723. The van der Waals surface area contributed by atoms with Gasteiger partial charge in [0.25, 0.3) is 11.8 Å². The summed E-state index contributed by atoms with van der Waals surface area (Å²) in [6.45, 7) is 4.11. The van der Waals surface area contributed by atoms with Gasteiger partial charge in [0.15, 0.2) is 11.6 Å². The molecular weight excluding hydrogens is 411 g/mol. The molecule has 3 heterocycles. The Morgan fingerprint density at radius 2 is 1.55 bits per heavy atom. The van der Waals surface area contributed by atoms with Crippen molar-refractivity contribution in [2.24, 2.45) is 0 Å². The van der Waals surface area contributed by atoms with Gasteiger partial charge in [-0.3, -0.25) is 9.59 Å². The van der Waals surface area contributed by atoms with Gasteiger partial charge in [-0.25, -0.2) is 4.98 Å². The highest BCUT2D eigenvalue weighted by Gasteiger charge is 2.32. The zero-order chi connectivity index (χ0) is 22.2. The normalized spacial score (nSPS) is 17.9. The standard InChI is InChI=1S/C22H24F3N3O3/c1-14-18(21(30)27-10-2-3-11-27)26-19(31-14)15-8-12-28(13-9-15)20(29)16-4-6-17(7-5-16)22(23,24)25/h4-7,15H,2-3,8-13H2,1H3. The summed E-state index contributed by atoms with van der Waals surface area (Å²) in [7, 11) is 0. The van der Waals surface area contributed by atoms with Crippen LogP contribution in [-0.4, -0.2) is 52.8 Å². The predicted octanol–water partition coefficient (Wildman–Crippen LogP) is 4.26. The second-order valence-electron chi connectivity index (χ2n) is 8.10. The first-order chi connectivity index (χ1) is 14.7. The molecule has 2 fully saturated rings. The molecule has 2 amide bonds. The average molecular weight is 435 g/mol. The Bertz CT molecular complexity index is 955. The lowest BCUT2D eigenvalue weighted by Crippen LogP contribution is -2.38. The van der Waals surface area contributed by atoms with Gasteiger partial charge in [0.1, 0.15) is 5.76 Å². The van der Waals surface area contributed by atoms with Crippen molar-refractivity contribution in [3.05, 3.63) is 52.7 Å². The molecule has 1 aromatic heterocycles. The summed E-state index contributed by atoms with van der Waals surface area (Å²) in [6, 6.07) is 4.28. The summed E-state index contributed by atoms with van der Waals surface area (Å²) in [6.07, 6.45) is -1.20. The third-order valence-electron chi connectivity index (χ3n) is 6.00. The number of nitrogens with zero attached hydrogens (tertiary/aromatic N) is 3. The topological polar surface area (TPSA) is 66.7 Å². The third-order valence-corrected chi connectivity index (χ3v) is 6.00. The molecule has 0 saturated carbocycles. The number of piperidine rings is 1. The Morgan fingerprint density at radius 1 is 0.968 bits per heavy atom. The van der Waals surface area contributed by atoms with Gasteiger partial charge in [-0.15, -0.1) is 0 Å². The lowest BCUT2D eigenvalue weighted by atomic mass is 9.96. The van der Waals surface area contributed by atoms with Crippen LogP contribution in [0, 0.1) is 6.92 Å². The Labute approximate surface area is 178 Å². The van der Waals surface area contributed by atoms with Gasteiger partial charge in [0.2, 0.25) is 0 Å². The number of likely N-dealkylation sites (tertiary alicyclic amines) is 2. The fraction of sp³-hybridized carbons (Fsp3) is 0.500. The van der Waals surface area contributed by atoms with Gasteiger partial charge >= 0.3 is 6.18 Å². The zero-order valence-electron chi connectivity index (χ0n) is 17.2. The Kier molecular flexibility index (Phi) is 5.77. The summed E-state index contributed by atoms with van der Waals surface area (Å²) in [5.74, 6) is 0.632. The summed E-state index contributed by atoms with van der Waals surface area (Å²) >= 11 is 0. The van der Waals surface area contributed by atoms with E-state index in [2.05, 4.69) is 4.98 Å². The lowest BCUT2D eigenvalue weighted by molar-refractivity contribution is -0.137. The average Bonchev–Trinajstić information content (AvgIpc) is 3.42. The van der Waals surface area contributed by atoms with Crippen molar-refractivity contribution in [2.45, 2.75) is 44.7 Å². The number of halogens is 3. The molecule has 2 aromatic rings. The van der Waals surface area contributed by atoms with Crippen LogP contribution < -0.4 is 0 Å². The Hall–Kier alpha value is -2.84. The van der Waals surface area contributed by atoms with Crippen molar-refractivity contribution >= 4 is 11.8 Å². The van der Waals surface area contributed by atoms with E-state index in [0.717, 1.165) is 38.1 Å². The van der Waals surface area contributed by atoms with Crippen LogP contribution in [0.1, 0.15) is 69.7 Å². The molecule has 0 spiro atoms. The lowest BCUT2D eigenvalue weighted by Gasteiger charge is -2.30. The minimum Gasteiger partial charge on any atom is -0.445 e. The number of hydrogen-bond donors (Lipinski definition) is 0. The van der Waals surface area contributed by atoms with Crippen LogP contribution in [0.5, 0.6) is 0 Å². The molecule has 31 heavy (non-hydrogen) atoms. The van der Waals surface area contributed by atoms with Crippen molar-refractivity contribution < 1.29 is 27.2 Å². The minimum absolute atomic E-state index is 0.00418. The second-order valence-corrected chi connectivity index (χ2v) is 8.10. The first kappa shape index (κ1) is 21.4. The molecule has 2 aliphatic heterocycles. The van der Waals surface area contributed by atoms with E-state index in [4.69, 9.17) is 4.42 Å². The first-order valence-electron chi connectivity index (χ1n) is 10.5. The monoisotopic (exact) mass is 435 g/mol. The SMILES string of the molecule is Cc1oc(C2CCN(C(=O)c3ccc(C(F)(F)F)cc3)CC2)nc1C(=O)N1CCCC1. The van der Waals surface area contributed by atoms with Gasteiger partial charge in [-0.1, -0.05) is 0 Å². The van der Waals surface area contributed by atoms with Crippen molar-refractivity contribution in [1.29, 1.82) is 0 Å². The number of oxazole rings is 1. The van der Waals surface area contributed by atoms with Crippen LogP contribution in [0.15, 0.2) is 28.7 Å². The molecule has 166 valence electrons. The summed E-state index contributed by atoms with van der Waals surface area (Å²) in [5, 5.41) is 0. The van der Waals surface area contributed by atoms with Gasteiger partial charge in [-0.2, -0.15) is 13.2 Å². The molecule has 0 radical (unpaired) electrons. The number of hydrogen-bond acceptors (Lipinski definition) is 4. The molecular formula is C22H24F3N3O3. The first-order valence-corrected chi connectivity index (χ1v) is 10.5. The number of aryl methyl sites for hydroxylation is 1. The summed E-state index contributed by atoms with van der Waals surface area (Å²) < 4.78 is 43.9. The molecule has 0 unspecified atom stereocenters. The van der Waals surface area contributed by atoms with Crippen LogP contribution in [0.3, 0.4) is 0 Å². The summed E-state index contributed by atoms with van der Waals surface area (Å²) in [4.78, 5) is 33.2. The van der Waals surface area contributed by atoms with Gasteiger partial charge in [0.05, 0.1) is 5.56 Å². The fourth-order valence-corrected chi connectivity index (χ4v) is 4.17. The second kappa shape index (κ2) is 8.36. The molecule has 9 heteroatoms. The van der Waals surface area contributed by atoms with Crippen LogP contribution >= 0.6 is 0 Å². The van der Waals surface area contributed by atoms with E-state index in [9.17, 15) is 22.8 Å². The fourth-order valence-electron chi connectivity index (χ4n) is 4.17. The molecule has 0 aliphatic carbocycles. The van der Waals surface area contributed by atoms with E-state index in [1.54, 1.807) is 16.7 Å². The molecule has 4 rings (SSSR count). The largest absolute Gasteiger partial charge is 0.445 e. The van der Waals surface area contributed by atoms with Crippen LogP contribution in [0.25, 0.3) is 0 Å². The van der Waals surface area contributed by atoms with Crippen molar-refractivity contribution in [2.75, 3.05) is 26.2 Å². The molecule has 0 bridgehead atoms. The maximum absolute atomic E-state index is 12.7. The number of benzene rings is 1. The van der Waals surface area contributed by atoms with Crippen molar-refractivity contribution in [3.63, 3.8) is 0 Å². The third kappa shape index (κ3) is 4.45. The van der Waals surface area contributed by atoms with Crippen LogP contribution in [0.4, 0.5) is 13.2 Å². The molecule has 0 N–H and O–H groups in total. The van der Waals surface area contributed by atoms with E-state index in [-0.39, 0.29) is 23.3 Å². The highest BCUT2D eigenvalue weighted by Crippen LogP contribution is 2.31. The van der Waals surface area contributed by atoms with E-state index < -0.39 is 11.7 Å². The number of carbonyl (C=O) groups is 2. The summed E-state index contributed by atoms with van der Waals surface area (Å²) in [5.41, 5.74) is -0.182. The number of alkyl halides is 3. The van der Waals surface area contributed by atoms with E-state index in [1.165, 1.54) is 12.1 Å². The van der Waals surface area contributed by atoms with E-state index in [0.29, 0.717) is 43.3 Å².